The van der Waals surface area contributed by atoms with Crippen LogP contribution in [0.15, 0.2) is 53.3 Å². The molecule has 2 aromatic carbocycles. The normalized spacial score (nSPS) is 10.7. The average molecular weight is 281 g/mol. The molecule has 0 bridgehead atoms. The summed E-state index contributed by atoms with van der Waals surface area (Å²) < 4.78 is 0.610. The molecule has 106 valence electrons. The third-order valence-corrected chi connectivity index (χ3v) is 3.29. The maximum atomic E-state index is 12.2. The van der Waals surface area contributed by atoms with E-state index in [4.69, 9.17) is 0 Å². The van der Waals surface area contributed by atoms with E-state index in [0.29, 0.717) is 21.2 Å². The van der Waals surface area contributed by atoms with E-state index in [9.17, 15) is 10.0 Å². The Balaban J connectivity index is 2.31. The van der Waals surface area contributed by atoms with Crippen LogP contribution in [0.5, 0.6) is 0 Å². The quantitative estimate of drug-likeness (QED) is 0.724. The molecule has 0 spiro atoms. The first-order valence-corrected chi connectivity index (χ1v) is 6.76. The number of aromatic nitrogens is 2. The standard InChI is InChI=1S/C16H15N3O2/c1-2-17-13-9-5-3-7-11(13)15-18-14-10-6-4-8-12(14)16(20)19(15)21/h3-10,17,21H,2H2,1H3. The van der Waals surface area contributed by atoms with Crippen LogP contribution in [0.3, 0.4) is 0 Å². The molecule has 0 fully saturated rings. The van der Waals surface area contributed by atoms with Gasteiger partial charge in [0.2, 0.25) is 0 Å². The molecule has 1 heterocycles. The summed E-state index contributed by atoms with van der Waals surface area (Å²) in [6, 6.07) is 14.4. The number of hydrogen-bond donors (Lipinski definition) is 2. The van der Waals surface area contributed by atoms with Crippen molar-refractivity contribution in [2.75, 3.05) is 11.9 Å². The molecule has 0 aliphatic carbocycles. The summed E-state index contributed by atoms with van der Waals surface area (Å²) in [5.74, 6) is 0.232. The Bertz CT molecular complexity index is 856. The smallest absolute Gasteiger partial charge is 0.294 e. The predicted octanol–water partition coefficient (Wildman–Crippen LogP) is 2.73. The van der Waals surface area contributed by atoms with Gasteiger partial charge in [0.15, 0.2) is 5.82 Å². The molecule has 3 aromatic rings. The topological polar surface area (TPSA) is 67.2 Å². The Morgan fingerprint density at radius 1 is 1.14 bits per heavy atom. The summed E-state index contributed by atoms with van der Waals surface area (Å²) in [5, 5.41) is 13.8. The minimum absolute atomic E-state index is 0.232. The van der Waals surface area contributed by atoms with E-state index in [1.165, 1.54) is 0 Å². The highest BCUT2D eigenvalue weighted by atomic mass is 16.5. The second-order valence-electron chi connectivity index (χ2n) is 4.65. The molecule has 0 atom stereocenters. The van der Waals surface area contributed by atoms with Crippen molar-refractivity contribution in [1.29, 1.82) is 0 Å². The number of nitrogens with one attached hydrogen (secondary N) is 1. The molecule has 0 aliphatic rings. The van der Waals surface area contributed by atoms with Crippen molar-refractivity contribution in [1.82, 2.24) is 9.71 Å². The van der Waals surface area contributed by atoms with Gasteiger partial charge in [0.05, 0.1) is 10.9 Å². The molecular formula is C16H15N3O2. The van der Waals surface area contributed by atoms with Crippen LogP contribution in [0.4, 0.5) is 5.69 Å². The second kappa shape index (κ2) is 5.28. The summed E-state index contributed by atoms with van der Waals surface area (Å²) in [6.45, 7) is 2.72. The van der Waals surface area contributed by atoms with Crippen LogP contribution in [0, 0.1) is 0 Å². The van der Waals surface area contributed by atoms with Crippen LogP contribution < -0.4 is 10.9 Å². The fourth-order valence-electron chi connectivity index (χ4n) is 2.32. The lowest BCUT2D eigenvalue weighted by molar-refractivity contribution is 0.178. The molecule has 0 amide bonds. The van der Waals surface area contributed by atoms with Gasteiger partial charge in [-0.15, -0.1) is 4.73 Å². The van der Waals surface area contributed by atoms with E-state index in [-0.39, 0.29) is 5.82 Å². The molecule has 0 saturated carbocycles. The number of nitrogens with zero attached hydrogens (tertiary/aromatic N) is 2. The Hall–Kier alpha value is -2.82. The van der Waals surface area contributed by atoms with Crippen LogP contribution in [0.25, 0.3) is 22.3 Å². The van der Waals surface area contributed by atoms with Gasteiger partial charge in [-0.05, 0) is 31.2 Å². The monoisotopic (exact) mass is 281 g/mol. The van der Waals surface area contributed by atoms with Gasteiger partial charge in [-0.2, -0.15) is 0 Å². The van der Waals surface area contributed by atoms with Gasteiger partial charge in [-0.3, -0.25) is 4.79 Å². The minimum Gasteiger partial charge on any atom is -0.423 e. The Morgan fingerprint density at radius 2 is 1.86 bits per heavy atom. The van der Waals surface area contributed by atoms with E-state index >= 15 is 0 Å². The van der Waals surface area contributed by atoms with Gasteiger partial charge in [-0.1, -0.05) is 24.3 Å². The Morgan fingerprint density at radius 3 is 2.67 bits per heavy atom. The number of rotatable bonds is 3. The van der Waals surface area contributed by atoms with Gasteiger partial charge in [0.1, 0.15) is 0 Å². The van der Waals surface area contributed by atoms with Crippen LogP contribution in [0.1, 0.15) is 6.92 Å². The van der Waals surface area contributed by atoms with Gasteiger partial charge < -0.3 is 10.5 Å². The molecule has 0 radical (unpaired) electrons. The maximum Gasteiger partial charge on any atom is 0.294 e. The van der Waals surface area contributed by atoms with E-state index in [1.807, 2.05) is 37.3 Å². The van der Waals surface area contributed by atoms with Crippen LogP contribution in [0.2, 0.25) is 0 Å². The molecule has 21 heavy (non-hydrogen) atoms. The van der Waals surface area contributed by atoms with E-state index in [1.54, 1.807) is 18.2 Å². The number of benzene rings is 2. The van der Waals surface area contributed by atoms with Crippen molar-refractivity contribution in [3.63, 3.8) is 0 Å². The lowest BCUT2D eigenvalue weighted by atomic mass is 10.1. The van der Waals surface area contributed by atoms with Crippen LogP contribution >= 0.6 is 0 Å². The maximum absolute atomic E-state index is 12.2. The highest BCUT2D eigenvalue weighted by molar-refractivity contribution is 5.82. The molecule has 5 heteroatoms. The van der Waals surface area contributed by atoms with Crippen LogP contribution in [-0.2, 0) is 0 Å². The SMILES string of the molecule is CCNc1ccccc1-c1nc2ccccc2c(=O)n1O. The zero-order valence-corrected chi connectivity index (χ0v) is 11.6. The van der Waals surface area contributed by atoms with E-state index < -0.39 is 5.56 Å². The predicted molar refractivity (Wildman–Crippen MR) is 82.8 cm³/mol. The number of anilines is 1. The molecule has 0 unspecified atom stereocenters. The third kappa shape index (κ3) is 2.23. The number of para-hydroxylation sites is 2. The Labute approximate surface area is 121 Å². The molecule has 1 aromatic heterocycles. The molecule has 5 nitrogen and oxygen atoms in total. The van der Waals surface area contributed by atoms with Crippen molar-refractivity contribution < 1.29 is 5.21 Å². The third-order valence-electron chi connectivity index (χ3n) is 3.29. The minimum atomic E-state index is -0.470. The van der Waals surface area contributed by atoms with Crippen LogP contribution in [-0.4, -0.2) is 21.5 Å². The van der Waals surface area contributed by atoms with Gasteiger partial charge >= 0.3 is 0 Å². The van der Waals surface area contributed by atoms with Crippen molar-refractivity contribution in [3.8, 4) is 11.4 Å². The first kappa shape index (κ1) is 13.2. The summed E-state index contributed by atoms with van der Waals surface area (Å²) >= 11 is 0. The lowest BCUT2D eigenvalue weighted by Crippen LogP contribution is -2.21. The van der Waals surface area contributed by atoms with Crippen molar-refractivity contribution in [2.24, 2.45) is 0 Å². The summed E-state index contributed by atoms with van der Waals surface area (Å²) in [6.07, 6.45) is 0. The van der Waals surface area contributed by atoms with Crippen molar-refractivity contribution >= 4 is 16.6 Å². The molecule has 3 rings (SSSR count). The second-order valence-corrected chi connectivity index (χ2v) is 4.65. The van der Waals surface area contributed by atoms with Gasteiger partial charge in [-0.25, -0.2) is 4.98 Å². The molecule has 0 aliphatic heterocycles. The van der Waals surface area contributed by atoms with E-state index in [2.05, 4.69) is 10.3 Å². The summed E-state index contributed by atoms with van der Waals surface area (Å²) in [4.78, 5) is 16.7. The number of hydrogen-bond acceptors (Lipinski definition) is 4. The van der Waals surface area contributed by atoms with Crippen molar-refractivity contribution in [2.45, 2.75) is 6.92 Å². The van der Waals surface area contributed by atoms with E-state index in [0.717, 1.165) is 12.2 Å². The van der Waals surface area contributed by atoms with Gasteiger partial charge in [0.25, 0.3) is 5.56 Å². The highest BCUT2D eigenvalue weighted by Gasteiger charge is 2.14. The zero-order valence-electron chi connectivity index (χ0n) is 11.6. The largest absolute Gasteiger partial charge is 0.423 e. The van der Waals surface area contributed by atoms with Crippen molar-refractivity contribution in [3.05, 3.63) is 58.9 Å². The highest BCUT2D eigenvalue weighted by Crippen LogP contribution is 2.26. The average Bonchev–Trinajstić information content (AvgIpc) is 2.52. The summed E-state index contributed by atoms with van der Waals surface area (Å²) in [5.41, 5.74) is 1.60. The first-order valence-electron chi connectivity index (χ1n) is 6.76. The first-order chi connectivity index (χ1) is 10.2. The number of fused-ring (bicyclic) bond motifs is 1. The molecule has 0 saturated heterocycles. The molecular weight excluding hydrogens is 266 g/mol. The Kier molecular flexibility index (Phi) is 3.31. The fraction of sp³-hybridized carbons (Fsp3) is 0.125. The van der Waals surface area contributed by atoms with Gasteiger partial charge in [0, 0.05) is 17.8 Å². The summed E-state index contributed by atoms with van der Waals surface area (Å²) in [7, 11) is 0. The lowest BCUT2D eigenvalue weighted by Gasteiger charge is -2.12. The molecule has 2 N–H and O–H groups in total. The zero-order chi connectivity index (χ0) is 14.8. The fourth-order valence-corrected chi connectivity index (χ4v) is 2.32.